The molecular weight excluding hydrogens is 304 g/mol. The molecule has 0 saturated heterocycles. The predicted octanol–water partition coefficient (Wildman–Crippen LogP) is 2.87. The van der Waals surface area contributed by atoms with Crippen molar-refractivity contribution in [3.05, 3.63) is 29.8 Å². The molecule has 1 aromatic carbocycles. The van der Waals surface area contributed by atoms with Crippen molar-refractivity contribution in [2.24, 2.45) is 5.41 Å². The van der Waals surface area contributed by atoms with Crippen molar-refractivity contribution in [3.63, 3.8) is 0 Å². The van der Waals surface area contributed by atoms with Gasteiger partial charge in [0.2, 0.25) is 0 Å². The molecule has 3 unspecified atom stereocenters. The van der Waals surface area contributed by atoms with E-state index >= 15 is 0 Å². The maximum absolute atomic E-state index is 12.2. The molecule has 1 saturated carbocycles. The van der Waals surface area contributed by atoms with E-state index < -0.39 is 0 Å². The second kappa shape index (κ2) is 8.38. The van der Waals surface area contributed by atoms with Crippen LogP contribution < -0.4 is 15.4 Å². The normalized spacial score (nSPS) is 24.4. The molecule has 0 aromatic heterocycles. The summed E-state index contributed by atoms with van der Waals surface area (Å²) in [5, 5.41) is 15.6. The van der Waals surface area contributed by atoms with E-state index in [0.717, 1.165) is 37.9 Å². The molecule has 5 nitrogen and oxygen atoms in total. The van der Waals surface area contributed by atoms with Gasteiger partial charge >= 0.3 is 6.03 Å². The minimum Gasteiger partial charge on any atom is -0.497 e. The van der Waals surface area contributed by atoms with Crippen molar-refractivity contribution in [2.75, 3.05) is 13.7 Å². The number of methoxy groups -OCH3 is 1. The van der Waals surface area contributed by atoms with Gasteiger partial charge in [0.1, 0.15) is 5.75 Å². The first-order valence-corrected chi connectivity index (χ1v) is 8.77. The average molecular weight is 334 g/mol. The van der Waals surface area contributed by atoms with Crippen LogP contribution >= 0.6 is 0 Å². The zero-order valence-corrected chi connectivity index (χ0v) is 15.0. The molecule has 24 heavy (non-hydrogen) atoms. The first kappa shape index (κ1) is 18.6. The van der Waals surface area contributed by atoms with E-state index in [4.69, 9.17) is 4.74 Å². The molecule has 3 N–H and O–H groups in total. The van der Waals surface area contributed by atoms with Gasteiger partial charge in [-0.25, -0.2) is 4.79 Å². The lowest BCUT2D eigenvalue weighted by Gasteiger charge is -2.30. The Morgan fingerprint density at radius 3 is 2.75 bits per heavy atom. The summed E-state index contributed by atoms with van der Waals surface area (Å²) < 4.78 is 5.15. The Hall–Kier alpha value is -1.75. The summed E-state index contributed by atoms with van der Waals surface area (Å²) >= 11 is 0. The van der Waals surface area contributed by atoms with E-state index in [0.29, 0.717) is 0 Å². The van der Waals surface area contributed by atoms with Gasteiger partial charge in [0.25, 0.3) is 0 Å². The Balaban J connectivity index is 1.75. The lowest BCUT2D eigenvalue weighted by molar-refractivity contribution is 0.120. The smallest absolute Gasteiger partial charge is 0.315 e. The van der Waals surface area contributed by atoms with Crippen molar-refractivity contribution in [1.82, 2.24) is 10.6 Å². The summed E-state index contributed by atoms with van der Waals surface area (Å²) in [5.74, 6) is 0.854. The Morgan fingerprint density at radius 1 is 1.42 bits per heavy atom. The van der Waals surface area contributed by atoms with Crippen LogP contribution in [0.4, 0.5) is 4.79 Å². The summed E-state index contributed by atoms with van der Waals surface area (Å²) in [7, 11) is 1.66. The number of rotatable bonds is 7. The van der Waals surface area contributed by atoms with Crippen molar-refractivity contribution >= 4 is 6.03 Å². The number of hydrogen-bond donors (Lipinski definition) is 3. The maximum Gasteiger partial charge on any atom is 0.315 e. The van der Waals surface area contributed by atoms with Crippen molar-refractivity contribution in [1.29, 1.82) is 0 Å². The van der Waals surface area contributed by atoms with Crippen molar-refractivity contribution < 1.29 is 14.6 Å². The summed E-state index contributed by atoms with van der Waals surface area (Å²) in [4.78, 5) is 12.2. The minimum atomic E-state index is -0.191. The highest BCUT2D eigenvalue weighted by Crippen LogP contribution is 2.37. The number of amides is 2. The zero-order chi connectivity index (χ0) is 17.6. The lowest BCUT2D eigenvalue weighted by Crippen LogP contribution is -2.50. The molecule has 1 aliphatic carbocycles. The molecule has 2 amide bonds. The maximum atomic E-state index is 12.2. The molecule has 0 spiro atoms. The monoisotopic (exact) mass is 334 g/mol. The number of aryl methyl sites for hydroxylation is 1. The predicted molar refractivity (Wildman–Crippen MR) is 95.3 cm³/mol. The van der Waals surface area contributed by atoms with Gasteiger partial charge < -0.3 is 20.5 Å². The SMILES string of the molecule is COc1ccc(CCC(C)NC(=O)NC2CCCC2(C)CO)cc1. The number of aliphatic hydroxyl groups excluding tert-OH is 1. The third-order valence-electron chi connectivity index (χ3n) is 5.15. The van der Waals surface area contributed by atoms with E-state index in [-0.39, 0.29) is 30.1 Å². The number of urea groups is 1. The molecule has 1 aliphatic rings. The quantitative estimate of drug-likeness (QED) is 0.718. The molecule has 3 atom stereocenters. The van der Waals surface area contributed by atoms with E-state index in [1.54, 1.807) is 7.11 Å². The van der Waals surface area contributed by atoms with Crippen LogP contribution in [0.3, 0.4) is 0 Å². The molecule has 1 aromatic rings. The van der Waals surface area contributed by atoms with Gasteiger partial charge in [0.15, 0.2) is 0 Å². The van der Waals surface area contributed by atoms with Crippen LogP contribution in [0.15, 0.2) is 24.3 Å². The first-order chi connectivity index (χ1) is 11.5. The van der Waals surface area contributed by atoms with Crippen LogP contribution in [0, 0.1) is 5.41 Å². The number of benzene rings is 1. The summed E-state index contributed by atoms with van der Waals surface area (Å²) in [5.41, 5.74) is 1.04. The van der Waals surface area contributed by atoms with Crippen LogP contribution in [-0.2, 0) is 6.42 Å². The van der Waals surface area contributed by atoms with E-state index in [9.17, 15) is 9.90 Å². The van der Waals surface area contributed by atoms with Gasteiger partial charge in [-0.1, -0.05) is 25.5 Å². The Bertz CT molecular complexity index is 532. The molecule has 0 heterocycles. The van der Waals surface area contributed by atoms with Crippen LogP contribution in [-0.4, -0.2) is 36.9 Å². The minimum absolute atomic E-state index is 0.0521. The summed E-state index contributed by atoms with van der Waals surface area (Å²) in [6, 6.07) is 8.02. The van der Waals surface area contributed by atoms with Gasteiger partial charge in [-0.05, 0) is 50.3 Å². The molecule has 2 rings (SSSR count). The Morgan fingerprint density at radius 2 is 2.12 bits per heavy atom. The number of ether oxygens (including phenoxy) is 1. The molecule has 134 valence electrons. The Kier molecular flexibility index (Phi) is 6.49. The third-order valence-corrected chi connectivity index (χ3v) is 5.15. The highest BCUT2D eigenvalue weighted by Gasteiger charge is 2.39. The van der Waals surface area contributed by atoms with Crippen LogP contribution in [0.2, 0.25) is 0 Å². The number of carbonyl (C=O) groups excluding carboxylic acids is 1. The second-order valence-electron chi connectivity index (χ2n) is 7.16. The number of hydrogen-bond acceptors (Lipinski definition) is 3. The molecule has 0 radical (unpaired) electrons. The van der Waals surface area contributed by atoms with Gasteiger partial charge in [-0.2, -0.15) is 0 Å². The van der Waals surface area contributed by atoms with Crippen molar-refractivity contribution in [3.8, 4) is 5.75 Å². The molecule has 0 bridgehead atoms. The second-order valence-corrected chi connectivity index (χ2v) is 7.16. The topological polar surface area (TPSA) is 70.6 Å². The summed E-state index contributed by atoms with van der Waals surface area (Å²) in [6.45, 7) is 4.17. The number of carbonyl (C=O) groups is 1. The highest BCUT2D eigenvalue weighted by molar-refractivity contribution is 5.74. The fourth-order valence-electron chi connectivity index (χ4n) is 3.34. The largest absolute Gasteiger partial charge is 0.497 e. The van der Waals surface area contributed by atoms with E-state index in [1.165, 1.54) is 5.56 Å². The van der Waals surface area contributed by atoms with Crippen LogP contribution in [0.1, 0.15) is 45.1 Å². The lowest BCUT2D eigenvalue weighted by atomic mass is 9.86. The fourth-order valence-corrected chi connectivity index (χ4v) is 3.34. The molecule has 1 fully saturated rings. The fraction of sp³-hybridized carbons (Fsp3) is 0.632. The standard InChI is InChI=1S/C19H30N2O3/c1-14(6-7-15-8-10-16(24-3)11-9-15)20-18(23)21-17-5-4-12-19(17,2)13-22/h8-11,14,17,22H,4-7,12-13H2,1-3H3,(H2,20,21,23). The first-order valence-electron chi connectivity index (χ1n) is 8.77. The number of nitrogens with one attached hydrogen (secondary N) is 2. The average Bonchev–Trinajstić information content (AvgIpc) is 2.94. The van der Waals surface area contributed by atoms with E-state index in [1.807, 2.05) is 26.0 Å². The highest BCUT2D eigenvalue weighted by atomic mass is 16.5. The van der Waals surface area contributed by atoms with Crippen molar-refractivity contribution in [2.45, 2.75) is 58.0 Å². The molecule has 0 aliphatic heterocycles. The number of aliphatic hydroxyl groups is 1. The van der Waals surface area contributed by atoms with Crippen LogP contribution in [0.5, 0.6) is 5.75 Å². The van der Waals surface area contributed by atoms with E-state index in [2.05, 4.69) is 22.8 Å². The van der Waals surface area contributed by atoms with Crippen LogP contribution in [0.25, 0.3) is 0 Å². The summed E-state index contributed by atoms with van der Waals surface area (Å²) in [6.07, 6.45) is 4.73. The van der Waals surface area contributed by atoms with Gasteiger partial charge in [0.05, 0.1) is 13.7 Å². The molecule has 5 heteroatoms. The van der Waals surface area contributed by atoms with Gasteiger partial charge in [-0.3, -0.25) is 0 Å². The molecular formula is C19H30N2O3. The van der Waals surface area contributed by atoms with Gasteiger partial charge in [-0.15, -0.1) is 0 Å². The van der Waals surface area contributed by atoms with Gasteiger partial charge in [0, 0.05) is 17.5 Å². The zero-order valence-electron chi connectivity index (χ0n) is 15.0. The third kappa shape index (κ3) is 4.87. The Labute approximate surface area is 144 Å².